The first-order valence-electron chi connectivity index (χ1n) is 7.47. The molecule has 2 N–H and O–H groups in total. The van der Waals surface area contributed by atoms with Gasteiger partial charge in [0, 0.05) is 26.7 Å². The summed E-state index contributed by atoms with van der Waals surface area (Å²) in [6.07, 6.45) is 1.18. The third kappa shape index (κ3) is 4.39. The first-order chi connectivity index (χ1) is 9.22. The maximum atomic E-state index is 11.8. The van der Waals surface area contributed by atoms with Crippen molar-refractivity contribution in [3.05, 3.63) is 0 Å². The average Bonchev–Trinajstić information content (AvgIpc) is 2.73. The number of nitrogens with one attached hydrogen (secondary N) is 2. The third-order valence-electron chi connectivity index (χ3n) is 3.78. The van der Waals surface area contributed by atoms with Crippen LogP contribution in [0.25, 0.3) is 0 Å². The number of nitrogens with zero attached hydrogens (tertiary/aromatic N) is 2. The summed E-state index contributed by atoms with van der Waals surface area (Å²) in [4.78, 5) is 18.8. The minimum atomic E-state index is -0.481. The molecule has 0 unspecified atom stereocenters. The molecule has 1 amide bonds. The van der Waals surface area contributed by atoms with Gasteiger partial charge in [0.25, 0.3) is 0 Å². The molecule has 0 aromatic heterocycles. The van der Waals surface area contributed by atoms with Gasteiger partial charge in [0.2, 0.25) is 5.91 Å². The average molecular weight is 282 g/mol. The molecule has 0 aliphatic carbocycles. The molecule has 1 saturated heterocycles. The van der Waals surface area contributed by atoms with Gasteiger partial charge in [0.15, 0.2) is 5.96 Å². The van der Waals surface area contributed by atoms with Crippen LogP contribution in [0.1, 0.15) is 41.0 Å². The Bertz CT molecular complexity index is 374. The van der Waals surface area contributed by atoms with Gasteiger partial charge in [0.1, 0.15) is 0 Å². The van der Waals surface area contributed by atoms with Crippen molar-refractivity contribution in [1.82, 2.24) is 15.5 Å². The molecule has 0 saturated carbocycles. The van der Waals surface area contributed by atoms with Crippen LogP contribution in [0.4, 0.5) is 0 Å². The number of hydrogen-bond donors (Lipinski definition) is 2. The molecule has 0 bridgehead atoms. The van der Waals surface area contributed by atoms with Gasteiger partial charge in [-0.3, -0.25) is 9.79 Å². The number of carbonyl (C=O) groups excluding carboxylic acids is 1. The van der Waals surface area contributed by atoms with Gasteiger partial charge in [-0.1, -0.05) is 13.8 Å². The van der Waals surface area contributed by atoms with E-state index in [2.05, 4.69) is 41.3 Å². The number of carbonyl (C=O) groups is 1. The van der Waals surface area contributed by atoms with Crippen molar-refractivity contribution in [2.75, 3.05) is 33.2 Å². The highest BCUT2D eigenvalue weighted by Crippen LogP contribution is 2.28. The Hall–Kier alpha value is -1.26. The highest BCUT2D eigenvalue weighted by Gasteiger charge is 2.32. The predicted octanol–water partition coefficient (Wildman–Crippen LogP) is 1.46. The summed E-state index contributed by atoms with van der Waals surface area (Å²) >= 11 is 0. The lowest BCUT2D eigenvalue weighted by atomic mass is 9.93. The molecule has 0 atom stereocenters. The lowest BCUT2D eigenvalue weighted by Gasteiger charge is -2.26. The molecule has 1 rings (SSSR count). The second-order valence-corrected chi connectivity index (χ2v) is 6.97. The van der Waals surface area contributed by atoms with Gasteiger partial charge >= 0.3 is 0 Å². The van der Waals surface area contributed by atoms with Crippen LogP contribution in [-0.2, 0) is 4.79 Å². The quantitative estimate of drug-likeness (QED) is 0.606. The Kier molecular flexibility index (Phi) is 5.42. The SMILES string of the molecule is CCNC(=NCC(C)(C)C(=O)NC)N1CCC(C)(C)C1. The zero-order valence-electron chi connectivity index (χ0n) is 13.8. The van der Waals surface area contributed by atoms with E-state index in [9.17, 15) is 4.79 Å². The Balaban J connectivity index is 2.76. The number of aliphatic imine (C=N–C) groups is 1. The summed E-state index contributed by atoms with van der Waals surface area (Å²) < 4.78 is 0. The minimum Gasteiger partial charge on any atom is -0.359 e. The third-order valence-corrected chi connectivity index (χ3v) is 3.78. The molecule has 1 aliphatic rings. The number of hydrogen-bond acceptors (Lipinski definition) is 2. The van der Waals surface area contributed by atoms with Crippen molar-refractivity contribution in [2.24, 2.45) is 15.8 Å². The molecule has 0 spiro atoms. The van der Waals surface area contributed by atoms with Crippen molar-refractivity contribution in [1.29, 1.82) is 0 Å². The fraction of sp³-hybridized carbons (Fsp3) is 0.867. The van der Waals surface area contributed by atoms with Crippen LogP contribution in [-0.4, -0.2) is 50.0 Å². The molecular weight excluding hydrogens is 252 g/mol. The highest BCUT2D eigenvalue weighted by atomic mass is 16.2. The van der Waals surface area contributed by atoms with Crippen LogP contribution >= 0.6 is 0 Å². The number of amides is 1. The molecule has 1 fully saturated rings. The van der Waals surface area contributed by atoms with Crippen molar-refractivity contribution in [3.63, 3.8) is 0 Å². The van der Waals surface area contributed by atoms with E-state index in [1.165, 1.54) is 6.42 Å². The fourth-order valence-corrected chi connectivity index (χ4v) is 2.40. The topological polar surface area (TPSA) is 56.7 Å². The largest absolute Gasteiger partial charge is 0.359 e. The van der Waals surface area contributed by atoms with E-state index in [4.69, 9.17) is 0 Å². The van der Waals surface area contributed by atoms with Crippen molar-refractivity contribution < 1.29 is 4.79 Å². The number of rotatable bonds is 4. The maximum Gasteiger partial charge on any atom is 0.227 e. The molecule has 0 aromatic rings. The van der Waals surface area contributed by atoms with E-state index < -0.39 is 5.41 Å². The summed E-state index contributed by atoms with van der Waals surface area (Å²) in [6.45, 7) is 13.9. The molecule has 1 aliphatic heterocycles. The standard InChI is InChI=1S/C15H30N4O/c1-7-17-13(19-9-8-14(2,3)11-19)18-10-15(4,5)12(20)16-6/h7-11H2,1-6H3,(H,16,20)(H,17,18). The second-order valence-electron chi connectivity index (χ2n) is 6.97. The van der Waals surface area contributed by atoms with Crippen LogP contribution in [0, 0.1) is 10.8 Å². The van der Waals surface area contributed by atoms with Crippen LogP contribution in [0.3, 0.4) is 0 Å². The van der Waals surface area contributed by atoms with Crippen LogP contribution < -0.4 is 10.6 Å². The summed E-state index contributed by atoms with van der Waals surface area (Å²) in [5.74, 6) is 0.953. The fourth-order valence-electron chi connectivity index (χ4n) is 2.40. The molecular formula is C15H30N4O. The number of guanidine groups is 1. The van der Waals surface area contributed by atoms with E-state index in [1.807, 2.05) is 13.8 Å². The molecule has 1 heterocycles. The van der Waals surface area contributed by atoms with Gasteiger partial charge in [-0.2, -0.15) is 0 Å². The molecule has 5 nitrogen and oxygen atoms in total. The summed E-state index contributed by atoms with van der Waals surface area (Å²) in [6, 6.07) is 0. The lowest BCUT2D eigenvalue weighted by molar-refractivity contribution is -0.128. The van der Waals surface area contributed by atoms with Gasteiger partial charge in [-0.05, 0) is 32.6 Å². The first-order valence-corrected chi connectivity index (χ1v) is 7.47. The Morgan fingerprint density at radius 3 is 2.50 bits per heavy atom. The smallest absolute Gasteiger partial charge is 0.227 e. The monoisotopic (exact) mass is 282 g/mol. The maximum absolute atomic E-state index is 11.8. The van der Waals surface area contributed by atoms with E-state index >= 15 is 0 Å². The Morgan fingerprint density at radius 1 is 1.40 bits per heavy atom. The first kappa shape index (κ1) is 16.8. The van der Waals surface area contributed by atoms with Crippen LogP contribution in [0.2, 0.25) is 0 Å². The lowest BCUT2D eigenvalue weighted by Crippen LogP contribution is -2.42. The molecule has 20 heavy (non-hydrogen) atoms. The Labute approximate surface area is 123 Å². The zero-order chi connectivity index (χ0) is 15.4. The van der Waals surface area contributed by atoms with Crippen molar-refractivity contribution in [3.8, 4) is 0 Å². The number of likely N-dealkylation sites (tertiary alicyclic amines) is 1. The molecule has 0 aromatic carbocycles. The summed E-state index contributed by atoms with van der Waals surface area (Å²) in [5, 5.41) is 6.04. The highest BCUT2D eigenvalue weighted by molar-refractivity contribution is 5.83. The van der Waals surface area contributed by atoms with Crippen LogP contribution in [0.15, 0.2) is 4.99 Å². The van der Waals surface area contributed by atoms with Crippen molar-refractivity contribution >= 4 is 11.9 Å². The predicted molar refractivity (Wildman–Crippen MR) is 83.8 cm³/mol. The van der Waals surface area contributed by atoms with Crippen LogP contribution in [0.5, 0.6) is 0 Å². The van der Waals surface area contributed by atoms with E-state index in [-0.39, 0.29) is 5.91 Å². The van der Waals surface area contributed by atoms with Gasteiger partial charge in [-0.25, -0.2) is 0 Å². The minimum absolute atomic E-state index is 0.0267. The van der Waals surface area contributed by atoms with Gasteiger partial charge in [-0.15, -0.1) is 0 Å². The molecule has 116 valence electrons. The summed E-state index contributed by atoms with van der Waals surface area (Å²) in [5.41, 5.74) is -0.142. The Morgan fingerprint density at radius 2 is 2.05 bits per heavy atom. The van der Waals surface area contributed by atoms with E-state index in [0.29, 0.717) is 12.0 Å². The molecule has 5 heteroatoms. The molecule has 0 radical (unpaired) electrons. The zero-order valence-corrected chi connectivity index (χ0v) is 13.8. The van der Waals surface area contributed by atoms with Gasteiger partial charge < -0.3 is 15.5 Å². The van der Waals surface area contributed by atoms with Gasteiger partial charge in [0.05, 0.1) is 12.0 Å². The van der Waals surface area contributed by atoms with E-state index in [1.54, 1.807) is 7.05 Å². The van der Waals surface area contributed by atoms with E-state index in [0.717, 1.165) is 25.6 Å². The second kappa shape index (κ2) is 6.46. The summed E-state index contributed by atoms with van der Waals surface area (Å²) in [7, 11) is 1.67. The van der Waals surface area contributed by atoms with Crippen molar-refractivity contribution in [2.45, 2.75) is 41.0 Å². The normalized spacial score (nSPS) is 19.1.